The first-order chi connectivity index (χ1) is 42.8. The van der Waals surface area contributed by atoms with E-state index in [4.69, 9.17) is 68.2 Å². The molecule has 7 fully saturated rings. The predicted octanol–water partition coefficient (Wildman–Crippen LogP) is 11.3. The molecule has 0 aliphatic carbocycles. The van der Waals surface area contributed by atoms with Gasteiger partial charge in [-0.05, 0) is 143 Å². The van der Waals surface area contributed by atoms with Crippen molar-refractivity contribution in [1.82, 2.24) is 0 Å². The summed E-state index contributed by atoms with van der Waals surface area (Å²) in [5.41, 5.74) is -2.29. The Morgan fingerprint density at radius 2 is 0.815 bits per heavy atom. The monoisotopic (exact) mass is 1430 g/mol. The zero-order valence-electron chi connectivity index (χ0n) is 58.0. The first kappa shape index (κ1) is 76.3. The molecule has 0 radical (unpaired) electrons. The molecule has 7 aliphatic heterocycles. The molecule has 22 nitrogen and oxygen atoms in total. The zero-order chi connectivity index (χ0) is 67.7. The van der Waals surface area contributed by atoms with E-state index in [9.17, 15) is 30.0 Å². The summed E-state index contributed by atoms with van der Waals surface area (Å²) in [6.45, 7) is 36.4. The van der Waals surface area contributed by atoms with Crippen LogP contribution >= 0.6 is 10.6 Å². The van der Waals surface area contributed by atoms with Crippen molar-refractivity contribution in [2.45, 2.75) is 215 Å². The van der Waals surface area contributed by atoms with Crippen LogP contribution in [0.25, 0.3) is 0 Å². The average Bonchev–Trinajstić information content (AvgIpc) is 1.25. The molecule has 0 aromatic heterocycles. The number of Topliss-reactive ketones (excluding diaryl/α,β-unsaturated/α-hetero) is 2. The van der Waals surface area contributed by atoms with Gasteiger partial charge in [-0.3, -0.25) is 17.3 Å². The molecule has 0 saturated carbocycles. The third kappa shape index (κ3) is 17.7. The van der Waals surface area contributed by atoms with Gasteiger partial charge >= 0.3 is 61.6 Å². The first-order valence-corrected chi connectivity index (χ1v) is 48.5. The molecule has 11 unspecified atom stereocenters. The van der Waals surface area contributed by atoms with E-state index in [-0.39, 0.29) is 99.8 Å². The highest BCUT2D eigenvalue weighted by Gasteiger charge is 2.95. The van der Waals surface area contributed by atoms with E-state index in [0.717, 1.165) is 0 Å². The van der Waals surface area contributed by atoms with Crippen LogP contribution in [0.3, 0.4) is 0 Å². The Hall–Kier alpha value is -1.47. The number of aliphatic hydroxyl groups excluding tert-OH is 2. The fraction of sp³-hybridized carbons (Fsp3) is 0.774. The van der Waals surface area contributed by atoms with Crippen LogP contribution in [0.1, 0.15) is 171 Å². The maximum atomic E-state index is 12.6. The highest BCUT2D eigenvalue weighted by molar-refractivity contribution is 8.31. The van der Waals surface area contributed by atoms with Crippen molar-refractivity contribution < 1.29 is 98.2 Å². The summed E-state index contributed by atoms with van der Waals surface area (Å²) in [6, 6.07) is 15.4. The maximum Gasteiger partial charge on any atom is 0.559 e. The minimum absolute atomic E-state index is 0.00803. The van der Waals surface area contributed by atoms with Crippen molar-refractivity contribution in [2.24, 2.45) is 47.3 Å². The van der Waals surface area contributed by atoms with E-state index in [2.05, 4.69) is 96.9 Å². The topological polar surface area (TPSA) is 263 Å². The number of carbonyl (C=O) groups excluding carboxylic acids is 2. The number of rotatable bonds is 37. The molecule has 30 heteroatoms. The molecular formula is C62H110O22SSi7. The number of benzene rings is 2. The van der Waals surface area contributed by atoms with Crippen molar-refractivity contribution >= 4 is 83.8 Å². The molecule has 7 heterocycles. The highest BCUT2D eigenvalue weighted by atomic mass is 32.3. The van der Waals surface area contributed by atoms with Gasteiger partial charge in [0.15, 0.2) is 11.6 Å². The van der Waals surface area contributed by atoms with E-state index >= 15 is 0 Å². The first-order valence-electron chi connectivity index (χ1n) is 33.5. The standard InChI is InChI=1S/C62H110O22SSi7/c1-44(2)38-86-73-62(50(13)14)85(74-87(39-45(3)4)78-88(76-86,40-46(5)6)80-89(41-47(7)8)81-90(77-86,42-48(9)10)83-92(62,75-85)84-91(79-87,82-89)43-49(11)12)33-19-20-51(34-54(63)36-69-29-31-71-56-25-21-52(22-26-56)58(65)60(15,16)67)35-55(64)37-70-30-32-72-57-27-23-53(24-28-57)59(66)61(17,18)68/h21-28,44-51,54-55,63-64,67-68H,19-20,29-43H2,1-18H3. The number of hydrogen-bond donors (Lipinski definition) is 4. The molecule has 0 amide bonds. The lowest BCUT2D eigenvalue weighted by molar-refractivity contribution is -0.00913. The van der Waals surface area contributed by atoms with Gasteiger partial charge in [-0.2, -0.15) is 10.6 Å². The Balaban J connectivity index is 1.12. The molecule has 1 spiro atoms. The zero-order valence-corrected chi connectivity index (χ0v) is 65.8. The molecule has 11 atom stereocenters. The summed E-state index contributed by atoms with van der Waals surface area (Å²) in [7, 11) is -32.4. The quantitative estimate of drug-likeness (QED) is 0.0278. The number of carbonyl (C=O) groups is 2. The highest BCUT2D eigenvalue weighted by Crippen LogP contribution is 2.82. The normalized spacial score (nSPS) is 32.8. The molecule has 92 heavy (non-hydrogen) atoms. The van der Waals surface area contributed by atoms with Gasteiger partial charge in [-0.1, -0.05) is 96.9 Å². The Kier molecular flexibility index (Phi) is 24.7. The van der Waals surface area contributed by atoms with Crippen LogP contribution in [0, 0.1) is 47.3 Å². The molecule has 7 aliphatic rings. The van der Waals surface area contributed by atoms with E-state index in [1.165, 1.54) is 27.7 Å². The van der Waals surface area contributed by atoms with Crippen LogP contribution in [-0.4, -0.2) is 167 Å². The van der Waals surface area contributed by atoms with E-state index in [1.807, 2.05) is 0 Å². The third-order valence-corrected chi connectivity index (χ3v) is 56.9. The van der Waals surface area contributed by atoms with Crippen molar-refractivity contribution in [3.8, 4) is 11.5 Å². The summed E-state index contributed by atoms with van der Waals surface area (Å²) >= 11 is 0. The third-order valence-electron chi connectivity index (χ3n) is 16.4. The van der Waals surface area contributed by atoms with E-state index in [0.29, 0.717) is 77.5 Å². The SMILES string of the molecule is CC(C)C[Si]12OC3(C(C)C)[Si]45O[Si](CC(C)C)(O1)O[Si]1(CC(C)C)O[Si](CC(C)C)(O2)O[Si](CC(C)C)(O[Si](CC(C)C)(O1)O4)OS3(CCCC(CC(O)COCCOc1ccc(C(=O)C(C)(C)O)cc1)CC(O)COCCOc1ccc(C(=O)C(C)(C)O)cc1)O5. The van der Waals surface area contributed by atoms with Gasteiger partial charge in [-0.25, -0.2) is 0 Å². The fourth-order valence-electron chi connectivity index (χ4n) is 13.3. The summed E-state index contributed by atoms with van der Waals surface area (Å²) in [5, 5.41) is 44.1. The number of ketones is 2. The van der Waals surface area contributed by atoms with Crippen LogP contribution in [0.4, 0.5) is 0 Å². The van der Waals surface area contributed by atoms with Crippen LogP contribution in [0.2, 0.25) is 36.3 Å². The molecule has 9 rings (SSSR count). The van der Waals surface area contributed by atoms with Crippen molar-refractivity contribution in [1.29, 1.82) is 0 Å². The minimum atomic E-state index is -4.38. The molecule has 2 aromatic carbocycles. The van der Waals surface area contributed by atoms with Crippen molar-refractivity contribution in [3.63, 3.8) is 0 Å². The van der Waals surface area contributed by atoms with Gasteiger partial charge < -0.3 is 80.8 Å². The van der Waals surface area contributed by atoms with E-state index < -0.39 is 112 Å². The Labute approximate surface area is 557 Å². The van der Waals surface area contributed by atoms with Gasteiger partial charge in [-0.15, -0.1) is 0 Å². The summed E-state index contributed by atoms with van der Waals surface area (Å²) in [6.07, 6.45) is -0.375. The van der Waals surface area contributed by atoms with Crippen molar-refractivity contribution in [2.75, 3.05) is 45.4 Å². The van der Waals surface area contributed by atoms with Gasteiger partial charge in [0.2, 0.25) is 4.56 Å². The minimum Gasteiger partial charge on any atom is -0.491 e. The van der Waals surface area contributed by atoms with Gasteiger partial charge in [0, 0.05) is 59.1 Å². The Morgan fingerprint density at radius 3 is 1.17 bits per heavy atom. The predicted molar refractivity (Wildman–Crippen MR) is 362 cm³/mol. The van der Waals surface area contributed by atoms with Crippen LogP contribution in [0.15, 0.2) is 48.5 Å². The molecule has 7 saturated heterocycles. The smallest absolute Gasteiger partial charge is 0.491 e. The summed E-state index contributed by atoms with van der Waals surface area (Å²) in [4.78, 5) is 25.2. The van der Waals surface area contributed by atoms with Crippen LogP contribution in [-0.2, 0) is 58.7 Å². The average molecular weight is 1440 g/mol. The molecule has 8 bridgehead atoms. The summed E-state index contributed by atoms with van der Waals surface area (Å²) < 4.78 is 118. The lowest BCUT2D eigenvalue weighted by atomic mass is 9.91. The fourth-order valence-corrected chi connectivity index (χ4v) is 66.1. The number of hydrogen-bond acceptors (Lipinski definition) is 22. The number of aliphatic hydroxyl groups is 4. The van der Waals surface area contributed by atoms with E-state index in [1.54, 1.807) is 48.5 Å². The van der Waals surface area contributed by atoms with Crippen LogP contribution < -0.4 is 9.47 Å². The molecule has 524 valence electrons. The Bertz CT molecular complexity index is 2700. The molecule has 4 N–H and O–H groups in total. The van der Waals surface area contributed by atoms with Gasteiger partial charge in [0.1, 0.15) is 35.9 Å². The molecule has 2 aromatic rings. The number of fused-ring (bicyclic) bond motifs is 2. The maximum absolute atomic E-state index is 12.6. The van der Waals surface area contributed by atoms with Gasteiger partial charge in [0.25, 0.3) is 0 Å². The van der Waals surface area contributed by atoms with Crippen molar-refractivity contribution in [3.05, 3.63) is 59.7 Å². The lowest BCUT2D eigenvalue weighted by Crippen LogP contribution is -2.89. The second kappa shape index (κ2) is 29.8. The molecular weight excluding hydrogens is 1330 g/mol. The largest absolute Gasteiger partial charge is 0.559 e. The van der Waals surface area contributed by atoms with Crippen LogP contribution in [0.5, 0.6) is 11.5 Å². The number of ether oxygens (including phenoxy) is 4. The second-order valence-corrected chi connectivity index (χ2v) is 54.0. The van der Waals surface area contributed by atoms with Gasteiger partial charge in [0.05, 0.1) is 38.6 Å². The lowest BCUT2D eigenvalue weighted by Gasteiger charge is -2.74. The Morgan fingerprint density at radius 1 is 0.478 bits per heavy atom. The summed E-state index contributed by atoms with van der Waals surface area (Å²) in [5.74, 6) is -0.0241. The second-order valence-electron chi connectivity index (χ2n) is 30.0.